The number of carbonyl (C=O) groups excluding carboxylic acids is 1. The molecule has 0 spiro atoms. The van der Waals surface area contributed by atoms with Gasteiger partial charge in [-0.3, -0.25) is 10.0 Å². The van der Waals surface area contributed by atoms with Gasteiger partial charge < -0.3 is 5.11 Å². The zero-order chi connectivity index (χ0) is 25.8. The fraction of sp³-hybridized carbons (Fsp3) is 0.968. The number of hydrogen-bond donors (Lipinski definition) is 2. The summed E-state index contributed by atoms with van der Waals surface area (Å²) in [7, 11) is 1.50. The predicted molar refractivity (Wildman–Crippen MR) is 140 cm³/mol. The fourth-order valence-corrected chi connectivity index (χ4v) is 11.7. The van der Waals surface area contributed by atoms with Crippen molar-refractivity contribution in [3.63, 3.8) is 0 Å². The van der Waals surface area contributed by atoms with Crippen LogP contribution in [0.2, 0.25) is 0 Å². The van der Waals surface area contributed by atoms with E-state index < -0.39 is 5.41 Å². The van der Waals surface area contributed by atoms with Crippen LogP contribution in [0.25, 0.3) is 0 Å². The van der Waals surface area contributed by atoms with Crippen LogP contribution in [0, 0.1) is 56.2 Å². The van der Waals surface area contributed by atoms with Crippen molar-refractivity contribution in [2.45, 2.75) is 125 Å². The Morgan fingerprint density at radius 2 is 1.40 bits per heavy atom. The third kappa shape index (κ3) is 3.26. The smallest absolute Gasteiger partial charge is 0.251 e. The van der Waals surface area contributed by atoms with Crippen molar-refractivity contribution in [3.8, 4) is 0 Å². The second-order valence-electron chi connectivity index (χ2n) is 15.9. The number of hydroxylamine groups is 2. The molecule has 2 N–H and O–H groups in total. The van der Waals surface area contributed by atoms with Crippen LogP contribution < -0.4 is 0 Å². The highest BCUT2D eigenvalue weighted by Crippen LogP contribution is 2.77. The Kier molecular flexibility index (Phi) is 5.73. The minimum absolute atomic E-state index is 0.000906. The molecule has 0 aliphatic heterocycles. The summed E-state index contributed by atoms with van der Waals surface area (Å²) >= 11 is 0. The highest BCUT2D eigenvalue weighted by atomic mass is 16.5. The molecule has 35 heavy (non-hydrogen) atoms. The molecule has 4 heteroatoms. The Morgan fingerprint density at radius 1 is 0.743 bits per heavy atom. The summed E-state index contributed by atoms with van der Waals surface area (Å²) in [6, 6.07) is 0. The Bertz CT molecular complexity index is 884. The topological polar surface area (TPSA) is 60.8 Å². The number of nitrogens with zero attached hydrogens (tertiary/aromatic N) is 1. The van der Waals surface area contributed by atoms with E-state index in [4.69, 9.17) is 0 Å². The van der Waals surface area contributed by atoms with E-state index >= 15 is 0 Å². The number of hydrogen-bond acceptors (Lipinski definition) is 3. The maximum absolute atomic E-state index is 13.1. The Balaban J connectivity index is 1.50. The number of aliphatic hydroxyl groups excluding tert-OH is 1. The minimum atomic E-state index is -0.448. The second kappa shape index (κ2) is 7.71. The van der Waals surface area contributed by atoms with Crippen LogP contribution in [0.4, 0.5) is 0 Å². The summed E-state index contributed by atoms with van der Waals surface area (Å²) < 4.78 is 0. The molecule has 0 aromatic rings. The molecule has 0 bridgehead atoms. The van der Waals surface area contributed by atoms with Crippen molar-refractivity contribution in [1.29, 1.82) is 0 Å². The molecule has 4 nitrogen and oxygen atoms in total. The molecule has 200 valence electrons. The number of rotatable bonds is 1. The van der Waals surface area contributed by atoms with Crippen molar-refractivity contribution in [2.75, 3.05) is 7.05 Å². The first-order valence-electron chi connectivity index (χ1n) is 14.7. The van der Waals surface area contributed by atoms with Gasteiger partial charge in [-0.1, -0.05) is 48.5 Å². The summed E-state index contributed by atoms with van der Waals surface area (Å²) in [4.78, 5) is 13.1. The number of amides is 1. The van der Waals surface area contributed by atoms with Crippen LogP contribution in [0.3, 0.4) is 0 Å². The van der Waals surface area contributed by atoms with Crippen LogP contribution in [-0.2, 0) is 4.79 Å². The van der Waals surface area contributed by atoms with E-state index in [1.54, 1.807) is 0 Å². The molecule has 0 radical (unpaired) electrons. The van der Waals surface area contributed by atoms with Crippen molar-refractivity contribution in [3.05, 3.63) is 0 Å². The highest BCUT2D eigenvalue weighted by Gasteiger charge is 2.70. The lowest BCUT2D eigenvalue weighted by Crippen LogP contribution is -2.67. The monoisotopic (exact) mass is 487 g/mol. The first kappa shape index (κ1) is 26.0. The van der Waals surface area contributed by atoms with E-state index in [-0.39, 0.29) is 17.4 Å². The molecule has 1 unspecified atom stereocenters. The molecular formula is C31H53NO3. The molecule has 5 rings (SSSR count). The molecule has 0 heterocycles. The third-order valence-corrected chi connectivity index (χ3v) is 14.2. The molecule has 5 aliphatic rings. The molecule has 5 saturated carbocycles. The average molecular weight is 488 g/mol. The SMILES string of the molecule is CN(O)C(=O)[C@@]1(C)CC[C@]2(C)CC[C@]3(C)[C@H](CC[C@@H]4[C@@]5(C)CC[C@H](O)C(C)(C)C5CC[C@]43C)[C@H]2C1. The van der Waals surface area contributed by atoms with E-state index in [0.29, 0.717) is 45.3 Å². The molecular weight excluding hydrogens is 434 g/mol. The van der Waals surface area contributed by atoms with Gasteiger partial charge in [0, 0.05) is 12.5 Å². The summed E-state index contributed by atoms with van der Waals surface area (Å²) in [6.45, 7) is 17.2. The van der Waals surface area contributed by atoms with Gasteiger partial charge in [-0.15, -0.1) is 0 Å². The van der Waals surface area contributed by atoms with Gasteiger partial charge in [-0.2, -0.15) is 0 Å². The molecule has 0 aromatic heterocycles. The van der Waals surface area contributed by atoms with Crippen LogP contribution in [0.15, 0.2) is 0 Å². The maximum Gasteiger partial charge on any atom is 0.251 e. The molecule has 1 amide bonds. The summed E-state index contributed by atoms with van der Waals surface area (Å²) in [5, 5.41) is 21.8. The van der Waals surface area contributed by atoms with Gasteiger partial charge >= 0.3 is 0 Å². The number of carbonyl (C=O) groups is 1. The first-order valence-corrected chi connectivity index (χ1v) is 14.7. The number of fused-ring (bicyclic) bond motifs is 7. The largest absolute Gasteiger partial charge is 0.393 e. The van der Waals surface area contributed by atoms with Gasteiger partial charge in [0.15, 0.2) is 0 Å². The van der Waals surface area contributed by atoms with E-state index in [9.17, 15) is 15.1 Å². The molecule has 10 atom stereocenters. The summed E-state index contributed by atoms with van der Waals surface area (Å²) in [5.74, 6) is 2.42. The standard InChI is InChI=1S/C31H53NO3/c1-26(2)22-11-14-31(7)23(29(22,5)13-12-24(26)33)10-9-20-21-19-28(4,25(34)32(8)35)16-15-27(21,3)17-18-30(20,31)6/h20-24,33,35H,9-19H2,1-8H3/t20-,21-,22?,23-,24+,27-,28+,29+,30-,31-/m1/s1. The summed E-state index contributed by atoms with van der Waals surface area (Å²) in [6.07, 6.45) is 12.5. The normalized spacial score (nSPS) is 55.1. The lowest BCUT2D eigenvalue weighted by atomic mass is 9.31. The van der Waals surface area contributed by atoms with Gasteiger partial charge in [0.1, 0.15) is 0 Å². The van der Waals surface area contributed by atoms with E-state index in [1.807, 2.05) is 0 Å². The second-order valence-corrected chi connectivity index (χ2v) is 15.9. The molecule has 0 aromatic carbocycles. The average Bonchev–Trinajstić information content (AvgIpc) is 2.78. The predicted octanol–water partition coefficient (Wildman–Crippen LogP) is 7.08. The molecule has 5 fully saturated rings. The van der Waals surface area contributed by atoms with E-state index in [1.165, 1.54) is 52.0 Å². The van der Waals surface area contributed by atoms with Gasteiger partial charge in [-0.05, 0) is 121 Å². The first-order chi connectivity index (χ1) is 16.1. The summed E-state index contributed by atoms with van der Waals surface area (Å²) in [5.41, 5.74) is 0.781. The van der Waals surface area contributed by atoms with Gasteiger partial charge in [0.05, 0.1) is 6.10 Å². The third-order valence-electron chi connectivity index (χ3n) is 14.2. The maximum atomic E-state index is 13.1. The Morgan fingerprint density at radius 3 is 2.06 bits per heavy atom. The van der Waals surface area contributed by atoms with Crippen molar-refractivity contribution in [1.82, 2.24) is 5.06 Å². The quantitative estimate of drug-likeness (QED) is 0.307. The number of aliphatic hydroxyl groups is 1. The minimum Gasteiger partial charge on any atom is -0.393 e. The van der Waals surface area contributed by atoms with Crippen LogP contribution >= 0.6 is 0 Å². The highest BCUT2D eigenvalue weighted by molar-refractivity contribution is 5.81. The van der Waals surface area contributed by atoms with Crippen LogP contribution in [0.1, 0.15) is 119 Å². The van der Waals surface area contributed by atoms with Gasteiger partial charge in [-0.25, -0.2) is 5.06 Å². The Labute approximate surface area is 214 Å². The fourth-order valence-electron chi connectivity index (χ4n) is 11.7. The lowest BCUT2D eigenvalue weighted by molar-refractivity contribution is -0.253. The van der Waals surface area contributed by atoms with Gasteiger partial charge in [0.25, 0.3) is 5.91 Å². The van der Waals surface area contributed by atoms with Crippen molar-refractivity contribution >= 4 is 5.91 Å². The van der Waals surface area contributed by atoms with E-state index in [2.05, 4.69) is 48.5 Å². The Hall–Kier alpha value is -0.610. The zero-order valence-corrected chi connectivity index (χ0v) is 23.9. The van der Waals surface area contributed by atoms with Crippen molar-refractivity contribution < 1.29 is 15.1 Å². The molecule has 0 saturated heterocycles. The van der Waals surface area contributed by atoms with E-state index in [0.717, 1.165) is 30.7 Å². The van der Waals surface area contributed by atoms with Gasteiger partial charge in [0.2, 0.25) is 0 Å². The van der Waals surface area contributed by atoms with Crippen LogP contribution in [0.5, 0.6) is 0 Å². The van der Waals surface area contributed by atoms with Crippen LogP contribution in [-0.4, -0.2) is 34.4 Å². The zero-order valence-electron chi connectivity index (χ0n) is 23.9. The lowest BCUT2D eigenvalue weighted by Gasteiger charge is -2.73. The molecule has 5 aliphatic carbocycles. The van der Waals surface area contributed by atoms with Crippen molar-refractivity contribution in [2.24, 2.45) is 56.2 Å².